The van der Waals surface area contributed by atoms with Crippen LogP contribution in [0.5, 0.6) is 5.75 Å². The molecule has 1 amide bonds. The Kier molecular flexibility index (Phi) is 4.94. The second-order valence-corrected chi connectivity index (χ2v) is 5.17. The van der Waals surface area contributed by atoms with E-state index in [1.165, 1.54) is 6.92 Å². The van der Waals surface area contributed by atoms with Gasteiger partial charge in [-0.15, -0.1) is 0 Å². The fourth-order valence-electron chi connectivity index (χ4n) is 2.08. The zero-order valence-corrected chi connectivity index (χ0v) is 12.9. The van der Waals surface area contributed by atoms with E-state index < -0.39 is 6.10 Å². The molecule has 0 fully saturated rings. The van der Waals surface area contributed by atoms with Crippen LogP contribution in [0, 0.1) is 6.92 Å². The Balaban J connectivity index is 2.07. The molecule has 0 aromatic heterocycles. The number of carbonyl (C=O) groups excluding carboxylic acids is 2. The molecule has 114 valence electrons. The molecule has 0 spiro atoms. The van der Waals surface area contributed by atoms with Gasteiger partial charge >= 0.3 is 0 Å². The van der Waals surface area contributed by atoms with Gasteiger partial charge in [0, 0.05) is 5.56 Å². The van der Waals surface area contributed by atoms with E-state index in [9.17, 15) is 9.59 Å². The van der Waals surface area contributed by atoms with Crippen LogP contribution < -0.4 is 10.1 Å². The topological polar surface area (TPSA) is 55.4 Å². The summed E-state index contributed by atoms with van der Waals surface area (Å²) in [5.41, 5.74) is 2.05. The van der Waals surface area contributed by atoms with Crippen molar-refractivity contribution in [1.82, 2.24) is 0 Å². The first-order chi connectivity index (χ1) is 10.5. The summed E-state index contributed by atoms with van der Waals surface area (Å²) < 4.78 is 5.63. The third kappa shape index (κ3) is 3.95. The summed E-state index contributed by atoms with van der Waals surface area (Å²) >= 11 is 0. The van der Waals surface area contributed by atoms with E-state index in [1.807, 2.05) is 25.1 Å². The molecule has 1 atom stereocenters. The van der Waals surface area contributed by atoms with Crippen molar-refractivity contribution in [3.8, 4) is 5.75 Å². The van der Waals surface area contributed by atoms with E-state index in [4.69, 9.17) is 4.74 Å². The van der Waals surface area contributed by atoms with Gasteiger partial charge in [0.15, 0.2) is 11.9 Å². The highest BCUT2D eigenvalue weighted by Gasteiger charge is 2.17. The average Bonchev–Trinajstić information content (AvgIpc) is 2.47. The van der Waals surface area contributed by atoms with E-state index in [0.717, 1.165) is 5.56 Å². The highest BCUT2D eigenvalue weighted by atomic mass is 16.5. The molecule has 2 aromatic rings. The minimum absolute atomic E-state index is 0.0943. The molecule has 0 aliphatic rings. The van der Waals surface area contributed by atoms with Gasteiger partial charge in [-0.2, -0.15) is 0 Å². The van der Waals surface area contributed by atoms with Crippen molar-refractivity contribution in [3.63, 3.8) is 0 Å². The van der Waals surface area contributed by atoms with Gasteiger partial charge in [-0.3, -0.25) is 9.59 Å². The van der Waals surface area contributed by atoms with Crippen LogP contribution >= 0.6 is 0 Å². The smallest absolute Gasteiger partial charge is 0.265 e. The molecular formula is C18H19NO3. The fourth-order valence-corrected chi connectivity index (χ4v) is 2.08. The summed E-state index contributed by atoms with van der Waals surface area (Å²) in [5.74, 6) is 0.251. The highest BCUT2D eigenvalue weighted by molar-refractivity contribution is 6.04. The van der Waals surface area contributed by atoms with E-state index in [1.54, 1.807) is 37.3 Å². The number of rotatable bonds is 5. The van der Waals surface area contributed by atoms with Crippen molar-refractivity contribution in [2.75, 3.05) is 5.32 Å². The normalized spacial score (nSPS) is 11.6. The molecule has 0 bridgehead atoms. The number of para-hydroxylation sites is 1. The first-order valence-corrected chi connectivity index (χ1v) is 7.11. The lowest BCUT2D eigenvalue weighted by molar-refractivity contribution is -0.122. The third-order valence-electron chi connectivity index (χ3n) is 3.24. The van der Waals surface area contributed by atoms with Crippen LogP contribution in [0.25, 0.3) is 0 Å². The predicted octanol–water partition coefficient (Wildman–Crippen LogP) is 3.60. The van der Waals surface area contributed by atoms with Gasteiger partial charge in [0.25, 0.3) is 5.91 Å². The molecule has 4 nitrogen and oxygen atoms in total. The van der Waals surface area contributed by atoms with E-state index >= 15 is 0 Å². The largest absolute Gasteiger partial charge is 0.481 e. The van der Waals surface area contributed by atoms with Crippen molar-refractivity contribution >= 4 is 17.4 Å². The van der Waals surface area contributed by atoms with Crippen LogP contribution in [0.2, 0.25) is 0 Å². The molecule has 0 aliphatic heterocycles. The summed E-state index contributed by atoms with van der Waals surface area (Å²) in [6.45, 7) is 5.10. The van der Waals surface area contributed by atoms with Crippen LogP contribution in [-0.2, 0) is 4.79 Å². The average molecular weight is 297 g/mol. The molecule has 1 N–H and O–H groups in total. The molecule has 22 heavy (non-hydrogen) atoms. The number of Topliss-reactive ketones (excluding diaryl/α,β-unsaturated/α-hetero) is 1. The maximum absolute atomic E-state index is 12.2. The third-order valence-corrected chi connectivity index (χ3v) is 3.24. The number of ether oxygens (including phenoxy) is 1. The monoisotopic (exact) mass is 297 g/mol. The van der Waals surface area contributed by atoms with Crippen molar-refractivity contribution in [3.05, 3.63) is 59.7 Å². The van der Waals surface area contributed by atoms with E-state index in [-0.39, 0.29) is 11.7 Å². The molecule has 0 radical (unpaired) electrons. The van der Waals surface area contributed by atoms with Gasteiger partial charge in [-0.1, -0.05) is 24.3 Å². The molecule has 0 aliphatic carbocycles. The predicted molar refractivity (Wildman–Crippen MR) is 86.3 cm³/mol. The molecule has 4 heteroatoms. The molecular weight excluding hydrogens is 278 g/mol. The van der Waals surface area contributed by atoms with E-state index in [0.29, 0.717) is 17.0 Å². The van der Waals surface area contributed by atoms with Gasteiger partial charge in [-0.05, 0) is 50.6 Å². The van der Waals surface area contributed by atoms with Gasteiger partial charge in [0.1, 0.15) is 5.75 Å². The Labute approximate surface area is 130 Å². The van der Waals surface area contributed by atoms with Crippen molar-refractivity contribution in [1.29, 1.82) is 0 Å². The number of hydrogen-bond donors (Lipinski definition) is 1. The van der Waals surface area contributed by atoms with Crippen LogP contribution in [0.3, 0.4) is 0 Å². The first kappa shape index (κ1) is 15.8. The van der Waals surface area contributed by atoms with Crippen LogP contribution in [-0.4, -0.2) is 17.8 Å². The van der Waals surface area contributed by atoms with Crippen LogP contribution in [0.15, 0.2) is 48.5 Å². The van der Waals surface area contributed by atoms with Crippen molar-refractivity contribution < 1.29 is 14.3 Å². The van der Waals surface area contributed by atoms with Gasteiger partial charge in [0.05, 0.1) is 5.69 Å². The Morgan fingerprint density at radius 1 is 1.09 bits per heavy atom. The Morgan fingerprint density at radius 3 is 2.50 bits per heavy atom. The lowest BCUT2D eigenvalue weighted by Gasteiger charge is -2.16. The summed E-state index contributed by atoms with van der Waals surface area (Å²) in [6, 6.07) is 14.4. The summed E-state index contributed by atoms with van der Waals surface area (Å²) in [4.78, 5) is 23.8. The van der Waals surface area contributed by atoms with Gasteiger partial charge in [0.2, 0.25) is 0 Å². The van der Waals surface area contributed by atoms with E-state index in [2.05, 4.69) is 5.32 Å². The summed E-state index contributed by atoms with van der Waals surface area (Å²) in [6.07, 6.45) is -0.665. The summed E-state index contributed by atoms with van der Waals surface area (Å²) in [7, 11) is 0. The second-order valence-electron chi connectivity index (χ2n) is 5.17. The molecule has 2 rings (SSSR count). The maximum atomic E-state index is 12.2. The highest BCUT2D eigenvalue weighted by Crippen LogP contribution is 2.18. The number of benzene rings is 2. The molecule has 0 heterocycles. The standard InChI is InChI=1S/C18H19NO3/c1-12-7-6-8-15(11-12)22-14(3)18(21)19-17-10-5-4-9-16(17)13(2)20/h4-11,14H,1-3H3,(H,19,21)/t14-/m1/s1. The number of aryl methyl sites for hydroxylation is 1. The van der Waals surface area contributed by atoms with Crippen molar-refractivity contribution in [2.45, 2.75) is 26.9 Å². The number of nitrogens with one attached hydrogen (secondary N) is 1. The Hall–Kier alpha value is -2.62. The molecule has 2 aromatic carbocycles. The number of ketones is 1. The lowest BCUT2D eigenvalue weighted by Crippen LogP contribution is -2.30. The number of anilines is 1. The molecule has 0 saturated heterocycles. The quantitative estimate of drug-likeness (QED) is 0.858. The van der Waals surface area contributed by atoms with Gasteiger partial charge in [-0.25, -0.2) is 0 Å². The molecule has 0 saturated carbocycles. The SMILES string of the molecule is CC(=O)c1ccccc1NC(=O)[C@@H](C)Oc1cccc(C)c1. The van der Waals surface area contributed by atoms with Crippen LogP contribution in [0.1, 0.15) is 29.8 Å². The minimum atomic E-state index is -0.665. The fraction of sp³-hybridized carbons (Fsp3) is 0.222. The summed E-state index contributed by atoms with van der Waals surface area (Å²) in [5, 5.41) is 2.74. The second kappa shape index (κ2) is 6.89. The Bertz CT molecular complexity index is 694. The van der Waals surface area contributed by atoms with Crippen molar-refractivity contribution in [2.24, 2.45) is 0 Å². The number of carbonyl (C=O) groups is 2. The number of amides is 1. The minimum Gasteiger partial charge on any atom is -0.481 e. The van der Waals surface area contributed by atoms with Crippen LogP contribution in [0.4, 0.5) is 5.69 Å². The number of hydrogen-bond acceptors (Lipinski definition) is 3. The first-order valence-electron chi connectivity index (χ1n) is 7.11. The zero-order chi connectivity index (χ0) is 16.1. The Morgan fingerprint density at radius 2 is 1.82 bits per heavy atom. The lowest BCUT2D eigenvalue weighted by atomic mass is 10.1. The molecule has 0 unspecified atom stereocenters. The maximum Gasteiger partial charge on any atom is 0.265 e. The zero-order valence-electron chi connectivity index (χ0n) is 12.9. The van der Waals surface area contributed by atoms with Gasteiger partial charge < -0.3 is 10.1 Å².